The van der Waals surface area contributed by atoms with Crippen molar-refractivity contribution < 1.29 is 23.7 Å². The first kappa shape index (κ1) is 16.9. The fourth-order valence-corrected chi connectivity index (χ4v) is 2.03. The van der Waals surface area contributed by atoms with E-state index in [1.807, 2.05) is 12.1 Å². The number of hydrogen-bond acceptors (Lipinski definition) is 5. The molecule has 0 aliphatic heterocycles. The van der Waals surface area contributed by atoms with Crippen molar-refractivity contribution in [1.82, 2.24) is 0 Å². The Morgan fingerprint density at radius 2 is 1.76 bits per heavy atom. The van der Waals surface area contributed by atoms with E-state index in [1.165, 1.54) is 6.92 Å². The summed E-state index contributed by atoms with van der Waals surface area (Å²) >= 11 is 0. The minimum Gasteiger partial charge on any atom is -0.493 e. The number of esters is 1. The molecule has 5 heteroatoms. The molecule has 1 aromatic carbocycles. The maximum Gasteiger partial charge on any atom is 0.303 e. The van der Waals surface area contributed by atoms with Gasteiger partial charge in [-0.3, -0.25) is 4.79 Å². The lowest BCUT2D eigenvalue weighted by atomic mass is 10.1. The lowest BCUT2D eigenvalue weighted by Crippen LogP contribution is -2.14. The van der Waals surface area contributed by atoms with E-state index in [1.54, 1.807) is 27.4 Å². The smallest absolute Gasteiger partial charge is 0.303 e. The van der Waals surface area contributed by atoms with Gasteiger partial charge in [0.15, 0.2) is 11.5 Å². The monoisotopic (exact) mass is 294 g/mol. The van der Waals surface area contributed by atoms with Crippen LogP contribution in [0.2, 0.25) is 0 Å². The SMILES string of the molecule is C=CC(CCc1cc(OC)c(OC)c(OC)c1)OC(C)=O. The van der Waals surface area contributed by atoms with Crippen molar-refractivity contribution in [1.29, 1.82) is 0 Å². The predicted octanol–water partition coefficient (Wildman–Crippen LogP) is 2.76. The molecule has 0 fully saturated rings. The Labute approximate surface area is 125 Å². The summed E-state index contributed by atoms with van der Waals surface area (Å²) in [4.78, 5) is 11.0. The molecule has 0 amide bonds. The zero-order valence-corrected chi connectivity index (χ0v) is 13.0. The van der Waals surface area contributed by atoms with Crippen LogP contribution in [0.3, 0.4) is 0 Å². The van der Waals surface area contributed by atoms with Gasteiger partial charge in [-0.1, -0.05) is 12.7 Å². The van der Waals surface area contributed by atoms with E-state index in [9.17, 15) is 4.79 Å². The van der Waals surface area contributed by atoms with Gasteiger partial charge in [-0.2, -0.15) is 0 Å². The third kappa shape index (κ3) is 4.70. The molecule has 0 saturated heterocycles. The normalized spacial score (nSPS) is 11.4. The van der Waals surface area contributed by atoms with Crippen LogP contribution in [-0.2, 0) is 16.0 Å². The number of benzene rings is 1. The van der Waals surface area contributed by atoms with Gasteiger partial charge in [0, 0.05) is 6.92 Å². The average molecular weight is 294 g/mol. The fourth-order valence-electron chi connectivity index (χ4n) is 2.03. The van der Waals surface area contributed by atoms with Crippen molar-refractivity contribution in [2.45, 2.75) is 25.9 Å². The first-order chi connectivity index (χ1) is 10.0. The Morgan fingerprint density at radius 1 is 1.19 bits per heavy atom. The van der Waals surface area contributed by atoms with Gasteiger partial charge in [0.05, 0.1) is 21.3 Å². The number of methoxy groups -OCH3 is 3. The van der Waals surface area contributed by atoms with Crippen LogP contribution in [0.15, 0.2) is 24.8 Å². The molecule has 0 bridgehead atoms. The molecule has 0 N–H and O–H groups in total. The number of rotatable bonds is 8. The molecule has 0 heterocycles. The molecule has 116 valence electrons. The highest BCUT2D eigenvalue weighted by atomic mass is 16.5. The fraction of sp³-hybridized carbons (Fsp3) is 0.438. The summed E-state index contributed by atoms with van der Waals surface area (Å²) in [6.45, 7) is 5.06. The highest BCUT2D eigenvalue weighted by molar-refractivity contribution is 5.66. The molecule has 0 aliphatic rings. The van der Waals surface area contributed by atoms with Gasteiger partial charge in [-0.15, -0.1) is 0 Å². The zero-order chi connectivity index (χ0) is 15.8. The molecule has 1 atom stereocenters. The Kier molecular flexibility index (Phi) is 6.59. The molecule has 5 nitrogen and oxygen atoms in total. The maximum atomic E-state index is 11.0. The third-order valence-corrected chi connectivity index (χ3v) is 3.02. The molecule has 0 aromatic heterocycles. The standard InChI is InChI=1S/C16H22O5/c1-6-13(21-11(2)17)8-7-12-9-14(18-3)16(20-5)15(10-12)19-4/h6,9-10,13H,1,7-8H2,2-5H3. The Bertz CT molecular complexity index is 470. The minimum atomic E-state index is -0.315. The summed E-state index contributed by atoms with van der Waals surface area (Å²) in [5.41, 5.74) is 1.00. The molecule has 0 saturated carbocycles. The van der Waals surface area contributed by atoms with Gasteiger partial charge in [0.1, 0.15) is 6.10 Å². The highest BCUT2D eigenvalue weighted by Gasteiger charge is 2.14. The van der Waals surface area contributed by atoms with Crippen LogP contribution in [0, 0.1) is 0 Å². The Balaban J connectivity index is 2.88. The number of hydrogen-bond donors (Lipinski definition) is 0. The van der Waals surface area contributed by atoms with Crippen molar-refractivity contribution in [2.24, 2.45) is 0 Å². The summed E-state index contributed by atoms with van der Waals surface area (Å²) < 4.78 is 21.0. The van der Waals surface area contributed by atoms with E-state index >= 15 is 0 Å². The second kappa shape index (κ2) is 8.19. The molecule has 0 spiro atoms. The summed E-state index contributed by atoms with van der Waals surface area (Å²) in [5.74, 6) is 1.46. The number of ether oxygens (including phenoxy) is 4. The average Bonchev–Trinajstić information content (AvgIpc) is 2.49. The number of carbonyl (C=O) groups is 1. The molecule has 21 heavy (non-hydrogen) atoms. The highest BCUT2D eigenvalue weighted by Crippen LogP contribution is 2.38. The molecule has 1 unspecified atom stereocenters. The Morgan fingerprint density at radius 3 is 2.14 bits per heavy atom. The summed E-state index contributed by atoms with van der Waals surface area (Å²) in [7, 11) is 4.72. The largest absolute Gasteiger partial charge is 0.493 e. The van der Waals surface area contributed by atoms with E-state index < -0.39 is 0 Å². The summed E-state index contributed by atoms with van der Waals surface area (Å²) in [6.07, 6.45) is 2.66. The second-order valence-electron chi connectivity index (χ2n) is 4.46. The van der Waals surface area contributed by atoms with E-state index in [4.69, 9.17) is 18.9 Å². The van der Waals surface area contributed by atoms with E-state index in [0.29, 0.717) is 30.1 Å². The van der Waals surface area contributed by atoms with Crippen molar-refractivity contribution >= 4 is 5.97 Å². The first-order valence-electron chi connectivity index (χ1n) is 6.64. The quantitative estimate of drug-likeness (QED) is 0.545. The lowest BCUT2D eigenvalue weighted by molar-refractivity contribution is -0.144. The topological polar surface area (TPSA) is 54.0 Å². The van der Waals surface area contributed by atoms with Crippen molar-refractivity contribution in [2.75, 3.05) is 21.3 Å². The van der Waals surface area contributed by atoms with Crippen LogP contribution in [-0.4, -0.2) is 33.4 Å². The summed E-state index contributed by atoms with van der Waals surface area (Å²) in [6, 6.07) is 3.77. The van der Waals surface area contributed by atoms with Crippen molar-refractivity contribution in [3.63, 3.8) is 0 Å². The zero-order valence-electron chi connectivity index (χ0n) is 13.0. The number of aryl methyl sites for hydroxylation is 1. The predicted molar refractivity (Wildman–Crippen MR) is 80.2 cm³/mol. The van der Waals surface area contributed by atoms with Crippen LogP contribution in [0.4, 0.5) is 0 Å². The molecule has 0 aliphatic carbocycles. The van der Waals surface area contributed by atoms with Gasteiger partial charge in [-0.25, -0.2) is 0 Å². The van der Waals surface area contributed by atoms with Gasteiger partial charge >= 0.3 is 5.97 Å². The van der Waals surface area contributed by atoms with Crippen molar-refractivity contribution in [3.05, 3.63) is 30.4 Å². The van der Waals surface area contributed by atoms with Gasteiger partial charge in [0.25, 0.3) is 0 Å². The van der Waals surface area contributed by atoms with Crippen molar-refractivity contribution in [3.8, 4) is 17.2 Å². The third-order valence-electron chi connectivity index (χ3n) is 3.02. The maximum absolute atomic E-state index is 11.0. The van der Waals surface area contributed by atoms with E-state index in [2.05, 4.69) is 6.58 Å². The molecular weight excluding hydrogens is 272 g/mol. The van der Waals surface area contributed by atoms with Crippen LogP contribution < -0.4 is 14.2 Å². The molecule has 0 radical (unpaired) electrons. The van der Waals surface area contributed by atoms with Crippen LogP contribution in [0.1, 0.15) is 18.9 Å². The van der Waals surface area contributed by atoms with Gasteiger partial charge < -0.3 is 18.9 Å². The number of carbonyl (C=O) groups excluding carboxylic acids is 1. The first-order valence-corrected chi connectivity index (χ1v) is 6.64. The van der Waals surface area contributed by atoms with E-state index in [0.717, 1.165) is 5.56 Å². The molecular formula is C16H22O5. The van der Waals surface area contributed by atoms with E-state index in [-0.39, 0.29) is 12.1 Å². The van der Waals surface area contributed by atoms with Gasteiger partial charge in [0.2, 0.25) is 5.75 Å². The molecule has 1 rings (SSSR count). The van der Waals surface area contributed by atoms with Crippen LogP contribution in [0.25, 0.3) is 0 Å². The second-order valence-corrected chi connectivity index (χ2v) is 4.46. The Hall–Kier alpha value is -2.17. The van der Waals surface area contributed by atoms with Gasteiger partial charge in [-0.05, 0) is 30.5 Å². The van der Waals surface area contributed by atoms with Crippen LogP contribution >= 0.6 is 0 Å². The minimum absolute atomic E-state index is 0.304. The summed E-state index contributed by atoms with van der Waals surface area (Å²) in [5, 5.41) is 0. The molecule has 1 aromatic rings. The lowest BCUT2D eigenvalue weighted by Gasteiger charge is -2.16. The van der Waals surface area contributed by atoms with Crippen LogP contribution in [0.5, 0.6) is 17.2 Å².